The van der Waals surface area contributed by atoms with Crippen molar-refractivity contribution < 1.29 is 19.1 Å². The van der Waals surface area contributed by atoms with Crippen LogP contribution in [0.25, 0.3) is 5.69 Å². The van der Waals surface area contributed by atoms with Gasteiger partial charge < -0.3 is 10.4 Å². The normalized spacial score (nSPS) is 17.2. The smallest absolute Gasteiger partial charge is 0.326 e. The summed E-state index contributed by atoms with van der Waals surface area (Å²) >= 11 is 0. The first-order valence-corrected chi connectivity index (χ1v) is 9.43. The molecule has 0 bridgehead atoms. The summed E-state index contributed by atoms with van der Waals surface area (Å²) in [7, 11) is 0. The lowest BCUT2D eigenvalue weighted by Gasteiger charge is -2.15. The Kier molecular flexibility index (Phi) is 4.68. The summed E-state index contributed by atoms with van der Waals surface area (Å²) in [6, 6.07) is 5.21. The molecule has 2 N–H and O–H groups in total. The number of nitrogens with one attached hydrogen (secondary N) is 1. The van der Waals surface area contributed by atoms with E-state index in [9.17, 15) is 19.1 Å². The van der Waals surface area contributed by atoms with Crippen molar-refractivity contribution >= 4 is 11.9 Å². The van der Waals surface area contributed by atoms with Gasteiger partial charge >= 0.3 is 5.97 Å². The third-order valence-electron chi connectivity index (χ3n) is 5.32. The minimum Gasteiger partial charge on any atom is -0.480 e. The molecule has 0 radical (unpaired) electrons. The van der Waals surface area contributed by atoms with E-state index >= 15 is 0 Å². The molecular weight excluding hydrogens is 349 g/mol. The fourth-order valence-corrected chi connectivity index (χ4v) is 3.74. The summed E-state index contributed by atoms with van der Waals surface area (Å²) in [5, 5.41) is 16.5. The lowest BCUT2D eigenvalue weighted by molar-refractivity contribution is -0.139. The number of carboxylic acid groups (broad SMARTS) is 1. The third-order valence-corrected chi connectivity index (χ3v) is 5.32. The van der Waals surface area contributed by atoms with Crippen LogP contribution >= 0.6 is 0 Å². The van der Waals surface area contributed by atoms with E-state index in [-0.39, 0.29) is 11.5 Å². The number of amides is 1. The van der Waals surface area contributed by atoms with Crippen LogP contribution in [0.2, 0.25) is 0 Å². The van der Waals surface area contributed by atoms with Crippen LogP contribution in [0.5, 0.6) is 0 Å². The molecule has 1 fully saturated rings. The molecule has 0 aliphatic heterocycles. The number of rotatable bonds is 6. The number of hydrogen-bond donors (Lipinski definition) is 2. The molecule has 2 aromatic rings. The fraction of sp³-hybridized carbons (Fsp3) is 0.450. The van der Waals surface area contributed by atoms with E-state index in [1.165, 1.54) is 12.1 Å². The summed E-state index contributed by atoms with van der Waals surface area (Å²) < 4.78 is 15.3. The fourth-order valence-electron chi connectivity index (χ4n) is 3.74. The quantitative estimate of drug-likeness (QED) is 0.818. The van der Waals surface area contributed by atoms with Gasteiger partial charge in [-0.15, -0.1) is 0 Å². The molecule has 2 aliphatic carbocycles. The summed E-state index contributed by atoms with van der Waals surface area (Å²) in [5.74, 6) is -1.47. The molecule has 1 aromatic heterocycles. The molecular formula is C20H22FN3O3. The lowest BCUT2D eigenvalue weighted by atomic mass is 9.95. The maximum Gasteiger partial charge on any atom is 0.326 e. The number of hydrogen-bond acceptors (Lipinski definition) is 3. The third kappa shape index (κ3) is 3.72. The van der Waals surface area contributed by atoms with Gasteiger partial charge in [-0.25, -0.2) is 13.9 Å². The average Bonchev–Trinajstić information content (AvgIpc) is 3.38. The Morgan fingerprint density at radius 1 is 1.30 bits per heavy atom. The summed E-state index contributed by atoms with van der Waals surface area (Å²) in [4.78, 5) is 24.3. The topological polar surface area (TPSA) is 84.2 Å². The zero-order chi connectivity index (χ0) is 19.0. The molecule has 4 rings (SSSR count). The first kappa shape index (κ1) is 17.7. The van der Waals surface area contributed by atoms with Crippen LogP contribution < -0.4 is 5.32 Å². The standard InChI is InChI=1S/C20H22FN3O3/c21-13-4-3-5-14(11-13)24-17-7-2-1-6-15(17)18(23-24)19(25)22-16(20(26)27)10-12-8-9-12/h3-5,11-12,16H,1-2,6-10H2,(H,22,25)(H,26,27). The van der Waals surface area contributed by atoms with E-state index in [4.69, 9.17) is 0 Å². The largest absolute Gasteiger partial charge is 0.480 e. The van der Waals surface area contributed by atoms with Crippen LogP contribution in [0.4, 0.5) is 4.39 Å². The second-order valence-electron chi connectivity index (χ2n) is 7.42. The Bertz CT molecular complexity index is 889. The Morgan fingerprint density at radius 2 is 2.07 bits per heavy atom. The van der Waals surface area contributed by atoms with E-state index < -0.39 is 17.9 Å². The van der Waals surface area contributed by atoms with Crippen molar-refractivity contribution in [1.82, 2.24) is 15.1 Å². The van der Waals surface area contributed by atoms with Crippen LogP contribution in [-0.4, -0.2) is 32.8 Å². The molecule has 1 aromatic carbocycles. The molecule has 142 valence electrons. The van der Waals surface area contributed by atoms with Crippen LogP contribution in [0.3, 0.4) is 0 Å². The summed E-state index contributed by atoms with van der Waals surface area (Å²) in [6.07, 6.45) is 5.89. The van der Waals surface area contributed by atoms with Crippen molar-refractivity contribution in [2.24, 2.45) is 5.92 Å². The Balaban J connectivity index is 1.65. The monoisotopic (exact) mass is 371 g/mol. The molecule has 0 spiro atoms. The van der Waals surface area contributed by atoms with Crippen molar-refractivity contribution in [3.8, 4) is 5.69 Å². The Labute approximate surface area is 156 Å². The number of aliphatic carboxylic acids is 1. The number of nitrogens with zero attached hydrogens (tertiary/aromatic N) is 2. The number of carbonyl (C=O) groups excluding carboxylic acids is 1. The predicted octanol–water partition coefficient (Wildman–Crippen LogP) is 2.87. The minimum atomic E-state index is -1.02. The first-order valence-electron chi connectivity index (χ1n) is 9.43. The van der Waals surface area contributed by atoms with Crippen molar-refractivity contribution in [3.63, 3.8) is 0 Å². The maximum absolute atomic E-state index is 13.7. The van der Waals surface area contributed by atoms with E-state index in [2.05, 4.69) is 10.4 Å². The van der Waals surface area contributed by atoms with Crippen molar-refractivity contribution in [3.05, 3.63) is 47.0 Å². The van der Waals surface area contributed by atoms with Gasteiger partial charge in [-0.2, -0.15) is 5.10 Å². The highest BCUT2D eigenvalue weighted by Gasteiger charge is 2.32. The highest BCUT2D eigenvalue weighted by molar-refractivity contribution is 5.96. The van der Waals surface area contributed by atoms with Crippen LogP contribution in [-0.2, 0) is 17.6 Å². The van der Waals surface area contributed by atoms with E-state index in [1.54, 1.807) is 16.8 Å². The second kappa shape index (κ2) is 7.13. The molecule has 1 amide bonds. The van der Waals surface area contributed by atoms with Crippen LogP contribution in [0, 0.1) is 11.7 Å². The molecule has 1 saturated carbocycles. The number of carboxylic acids is 1. The number of carbonyl (C=O) groups is 2. The minimum absolute atomic E-state index is 0.260. The number of aromatic nitrogens is 2. The van der Waals surface area contributed by atoms with Gasteiger partial charge in [-0.05, 0) is 56.2 Å². The van der Waals surface area contributed by atoms with Gasteiger partial charge in [0.05, 0.1) is 5.69 Å². The molecule has 1 atom stereocenters. The molecule has 0 saturated heterocycles. The SMILES string of the molecule is O=C(NC(CC1CC1)C(=O)O)c1nn(-c2cccc(F)c2)c2c1CCCC2. The van der Waals surface area contributed by atoms with Crippen molar-refractivity contribution in [1.29, 1.82) is 0 Å². The first-order chi connectivity index (χ1) is 13.0. The Morgan fingerprint density at radius 3 is 2.78 bits per heavy atom. The molecule has 1 heterocycles. The van der Waals surface area contributed by atoms with E-state index in [0.29, 0.717) is 24.4 Å². The van der Waals surface area contributed by atoms with Crippen molar-refractivity contribution in [2.75, 3.05) is 0 Å². The highest BCUT2D eigenvalue weighted by atomic mass is 19.1. The van der Waals surface area contributed by atoms with Gasteiger partial charge in [-0.3, -0.25) is 4.79 Å². The van der Waals surface area contributed by atoms with Gasteiger partial charge in [0.2, 0.25) is 0 Å². The molecule has 2 aliphatic rings. The molecule has 6 nitrogen and oxygen atoms in total. The van der Waals surface area contributed by atoms with Gasteiger partial charge in [0.1, 0.15) is 11.9 Å². The van der Waals surface area contributed by atoms with Gasteiger partial charge in [0.25, 0.3) is 5.91 Å². The molecule has 27 heavy (non-hydrogen) atoms. The maximum atomic E-state index is 13.7. The number of halogens is 1. The van der Waals surface area contributed by atoms with Crippen molar-refractivity contribution in [2.45, 2.75) is 51.0 Å². The lowest BCUT2D eigenvalue weighted by Crippen LogP contribution is -2.41. The zero-order valence-corrected chi connectivity index (χ0v) is 14.9. The highest BCUT2D eigenvalue weighted by Crippen LogP contribution is 2.34. The number of fused-ring (bicyclic) bond motifs is 1. The molecule has 1 unspecified atom stereocenters. The Hall–Kier alpha value is -2.70. The average molecular weight is 371 g/mol. The predicted molar refractivity (Wildman–Crippen MR) is 96.4 cm³/mol. The van der Waals surface area contributed by atoms with Crippen LogP contribution in [0.15, 0.2) is 24.3 Å². The zero-order valence-electron chi connectivity index (χ0n) is 14.9. The van der Waals surface area contributed by atoms with Gasteiger partial charge in [-0.1, -0.05) is 18.9 Å². The second-order valence-corrected chi connectivity index (χ2v) is 7.42. The molecule has 7 heteroatoms. The number of benzene rings is 1. The van der Waals surface area contributed by atoms with Gasteiger partial charge in [0, 0.05) is 11.3 Å². The summed E-state index contributed by atoms with van der Waals surface area (Å²) in [5.41, 5.74) is 2.58. The van der Waals surface area contributed by atoms with Gasteiger partial charge in [0.15, 0.2) is 5.69 Å². The van der Waals surface area contributed by atoms with Crippen LogP contribution in [0.1, 0.15) is 53.8 Å². The van der Waals surface area contributed by atoms with E-state index in [0.717, 1.165) is 43.4 Å². The van der Waals surface area contributed by atoms with E-state index in [1.807, 2.05) is 0 Å². The summed E-state index contributed by atoms with van der Waals surface area (Å²) in [6.45, 7) is 0.